The lowest BCUT2D eigenvalue weighted by Crippen LogP contribution is -2.71. The number of thioether (sulfide) groups is 1. The highest BCUT2D eigenvalue weighted by Crippen LogP contribution is 2.43. The minimum absolute atomic E-state index is 0.0376. The Hall–Kier alpha value is -1.45. The summed E-state index contributed by atoms with van der Waals surface area (Å²) in [6.07, 6.45) is 3.54. The van der Waals surface area contributed by atoms with Crippen molar-refractivity contribution >= 4 is 41.2 Å². The molecule has 22 heavy (non-hydrogen) atoms. The van der Waals surface area contributed by atoms with Crippen molar-refractivity contribution in [2.24, 2.45) is 11.1 Å². The van der Waals surface area contributed by atoms with Crippen LogP contribution in [0.5, 0.6) is 0 Å². The number of fused-ring (bicyclic) bond motifs is 1. The van der Waals surface area contributed by atoms with Crippen LogP contribution in [0.3, 0.4) is 0 Å². The zero-order chi connectivity index (χ0) is 15.7. The Balaban J connectivity index is 1.84. The first-order valence-corrected chi connectivity index (χ1v) is 8.77. The van der Waals surface area contributed by atoms with Crippen molar-refractivity contribution in [3.05, 3.63) is 17.2 Å². The molecular weight excluding hydrogens is 324 g/mol. The van der Waals surface area contributed by atoms with E-state index in [9.17, 15) is 9.59 Å². The lowest BCUT2D eigenvalue weighted by Gasteiger charge is -2.52. The summed E-state index contributed by atoms with van der Waals surface area (Å²) in [5.74, 6) is 0.0884. The van der Waals surface area contributed by atoms with Gasteiger partial charge in [0.05, 0.1) is 12.3 Å². The molecule has 0 radical (unpaired) electrons. The maximum Gasteiger partial charge on any atom is 0.318 e. The van der Waals surface area contributed by atoms with Gasteiger partial charge in [-0.3, -0.25) is 9.59 Å². The molecule has 7 nitrogen and oxygen atoms in total. The predicted octanol–water partition coefficient (Wildman–Crippen LogP) is 0.343. The van der Waals surface area contributed by atoms with Crippen molar-refractivity contribution in [3.63, 3.8) is 0 Å². The van der Waals surface area contributed by atoms with E-state index in [2.05, 4.69) is 9.59 Å². The zero-order valence-corrected chi connectivity index (χ0v) is 13.6. The van der Waals surface area contributed by atoms with E-state index in [0.717, 1.165) is 0 Å². The van der Waals surface area contributed by atoms with Crippen LogP contribution in [0, 0.1) is 5.41 Å². The van der Waals surface area contributed by atoms with Gasteiger partial charge < -0.3 is 15.4 Å². The van der Waals surface area contributed by atoms with Crippen LogP contribution in [-0.2, 0) is 14.3 Å². The lowest BCUT2D eigenvalue weighted by molar-refractivity contribution is -0.157. The molecular formula is C13H16N4O3S2. The summed E-state index contributed by atoms with van der Waals surface area (Å²) in [5.41, 5.74) is 5.61. The second-order valence-electron chi connectivity index (χ2n) is 5.23. The molecule has 0 spiro atoms. The van der Waals surface area contributed by atoms with Crippen LogP contribution in [0.1, 0.15) is 12.6 Å². The topological polar surface area (TPSA) is 98.4 Å². The van der Waals surface area contributed by atoms with Gasteiger partial charge in [0.15, 0.2) is 0 Å². The average molecular weight is 340 g/mol. The molecule has 0 bridgehead atoms. The summed E-state index contributed by atoms with van der Waals surface area (Å²) in [6, 6.07) is -0.461. The Morgan fingerprint density at radius 2 is 2.50 bits per heavy atom. The molecule has 3 atom stereocenters. The molecule has 0 aliphatic carbocycles. The van der Waals surface area contributed by atoms with Gasteiger partial charge in [0, 0.05) is 17.7 Å². The normalized spacial score (nSPS) is 31.0. The van der Waals surface area contributed by atoms with Crippen molar-refractivity contribution in [2.75, 3.05) is 18.9 Å². The highest BCUT2D eigenvalue weighted by Gasteiger charge is 2.55. The first kappa shape index (κ1) is 15.4. The van der Waals surface area contributed by atoms with E-state index in [1.165, 1.54) is 23.3 Å². The second-order valence-corrected chi connectivity index (χ2v) is 6.95. The van der Waals surface area contributed by atoms with Crippen molar-refractivity contribution in [1.29, 1.82) is 0 Å². The number of ether oxygens (including phenoxy) is 1. The van der Waals surface area contributed by atoms with Gasteiger partial charge in [-0.15, -0.1) is 16.9 Å². The largest absolute Gasteiger partial charge is 0.465 e. The van der Waals surface area contributed by atoms with Crippen LogP contribution in [0.4, 0.5) is 0 Å². The van der Waals surface area contributed by atoms with E-state index < -0.39 is 11.5 Å². The van der Waals surface area contributed by atoms with Crippen LogP contribution < -0.4 is 5.73 Å². The first-order valence-electron chi connectivity index (χ1n) is 6.88. The predicted molar refractivity (Wildman–Crippen MR) is 83.9 cm³/mol. The standard InChI is InChI=1S/C13H16N4O3S2/c1-2-20-12(19)13(4-3-8-5-22-16-15-8)6-17-10(18)9(14)11(17)21-7-13/h3-5,9,11H,2,6-7,14H2,1H3/t9?,11-,13?/m1/s1. The van der Waals surface area contributed by atoms with Gasteiger partial charge in [-0.1, -0.05) is 10.6 Å². The molecule has 2 saturated heterocycles. The van der Waals surface area contributed by atoms with E-state index in [1.54, 1.807) is 29.4 Å². The Labute approximate surface area is 136 Å². The molecule has 3 rings (SSSR count). The summed E-state index contributed by atoms with van der Waals surface area (Å²) in [7, 11) is 0. The van der Waals surface area contributed by atoms with E-state index in [1.807, 2.05) is 0 Å². The fraction of sp³-hybridized carbons (Fsp3) is 0.538. The third kappa shape index (κ3) is 2.53. The molecule has 2 aliphatic heterocycles. The minimum atomic E-state index is -0.864. The molecule has 2 unspecified atom stereocenters. The van der Waals surface area contributed by atoms with Gasteiger partial charge in [0.2, 0.25) is 5.91 Å². The van der Waals surface area contributed by atoms with Gasteiger partial charge in [-0.25, -0.2) is 0 Å². The van der Waals surface area contributed by atoms with Crippen LogP contribution >= 0.6 is 23.3 Å². The number of nitrogens with two attached hydrogens (primary N) is 1. The fourth-order valence-corrected chi connectivity index (χ4v) is 4.43. The highest BCUT2D eigenvalue weighted by molar-refractivity contribution is 8.00. The fourth-order valence-electron chi connectivity index (χ4n) is 2.55. The van der Waals surface area contributed by atoms with E-state index in [-0.39, 0.29) is 17.3 Å². The van der Waals surface area contributed by atoms with Crippen molar-refractivity contribution < 1.29 is 14.3 Å². The smallest absolute Gasteiger partial charge is 0.318 e. The lowest BCUT2D eigenvalue weighted by atomic mass is 9.86. The van der Waals surface area contributed by atoms with Gasteiger partial charge in [0.1, 0.15) is 16.8 Å². The van der Waals surface area contributed by atoms with Crippen LogP contribution in [0.15, 0.2) is 11.5 Å². The summed E-state index contributed by atoms with van der Waals surface area (Å²) >= 11 is 2.76. The first-order chi connectivity index (χ1) is 10.6. The third-order valence-electron chi connectivity index (χ3n) is 3.78. The molecule has 118 valence electrons. The Bertz CT molecular complexity index is 606. The molecule has 9 heteroatoms. The molecule has 3 heterocycles. The number of hydrogen-bond donors (Lipinski definition) is 1. The van der Waals surface area contributed by atoms with Gasteiger partial charge >= 0.3 is 5.97 Å². The summed E-state index contributed by atoms with van der Waals surface area (Å²) in [5, 5.41) is 5.69. The maximum absolute atomic E-state index is 12.5. The molecule has 2 fully saturated rings. The van der Waals surface area contributed by atoms with Crippen molar-refractivity contribution in [2.45, 2.75) is 18.3 Å². The monoisotopic (exact) mass is 340 g/mol. The Morgan fingerprint density at radius 1 is 1.68 bits per heavy atom. The van der Waals surface area contributed by atoms with Crippen LogP contribution in [0.25, 0.3) is 6.08 Å². The zero-order valence-electron chi connectivity index (χ0n) is 12.0. The van der Waals surface area contributed by atoms with Crippen molar-refractivity contribution in [1.82, 2.24) is 14.5 Å². The van der Waals surface area contributed by atoms with E-state index >= 15 is 0 Å². The Kier molecular flexibility index (Phi) is 4.20. The summed E-state index contributed by atoms with van der Waals surface area (Å²) in [4.78, 5) is 26.0. The maximum atomic E-state index is 12.5. The number of β-lactam (4-membered cyclic amide) rings is 1. The molecule has 0 saturated carbocycles. The van der Waals surface area contributed by atoms with Crippen LogP contribution in [-0.4, -0.2) is 56.7 Å². The third-order valence-corrected chi connectivity index (χ3v) is 5.87. The van der Waals surface area contributed by atoms with E-state index in [0.29, 0.717) is 24.6 Å². The number of rotatable bonds is 4. The number of carbonyl (C=O) groups excluding carboxylic acids is 2. The second kappa shape index (κ2) is 5.98. The molecule has 2 aliphatic rings. The Morgan fingerprint density at radius 3 is 3.18 bits per heavy atom. The molecule has 0 aromatic carbocycles. The SMILES string of the molecule is CCOC(=O)C1(C=Cc2csnn2)CS[C@@H]2C(N)C(=O)N2C1. The quantitative estimate of drug-likeness (QED) is 0.623. The number of aromatic nitrogens is 2. The number of amides is 1. The number of esters is 1. The minimum Gasteiger partial charge on any atom is -0.465 e. The van der Waals surface area contributed by atoms with E-state index in [4.69, 9.17) is 10.5 Å². The van der Waals surface area contributed by atoms with Gasteiger partial charge in [-0.05, 0) is 24.5 Å². The molecule has 2 N–H and O–H groups in total. The van der Waals surface area contributed by atoms with Crippen molar-refractivity contribution in [3.8, 4) is 0 Å². The number of nitrogens with zero attached hydrogens (tertiary/aromatic N) is 3. The number of carbonyl (C=O) groups is 2. The molecule has 1 aromatic heterocycles. The average Bonchev–Trinajstić information content (AvgIpc) is 3.05. The molecule has 1 amide bonds. The summed E-state index contributed by atoms with van der Waals surface area (Å²) in [6.45, 7) is 2.36. The van der Waals surface area contributed by atoms with Gasteiger partial charge in [-0.2, -0.15) is 0 Å². The number of hydrogen-bond acceptors (Lipinski definition) is 8. The van der Waals surface area contributed by atoms with Crippen LogP contribution in [0.2, 0.25) is 0 Å². The molecule has 1 aromatic rings. The summed E-state index contributed by atoms with van der Waals surface area (Å²) < 4.78 is 9.01. The highest BCUT2D eigenvalue weighted by atomic mass is 32.2. The van der Waals surface area contributed by atoms with Gasteiger partial charge in [0.25, 0.3) is 0 Å².